The molecule has 0 saturated carbocycles. The number of ether oxygens (including phenoxy) is 1. The molecule has 0 radical (unpaired) electrons. The van der Waals surface area contributed by atoms with Gasteiger partial charge in [0, 0.05) is 36.1 Å². The van der Waals surface area contributed by atoms with E-state index >= 15 is 0 Å². The van der Waals surface area contributed by atoms with E-state index in [1.165, 1.54) is 4.88 Å². The summed E-state index contributed by atoms with van der Waals surface area (Å²) in [5.74, 6) is -0.463. The quantitative estimate of drug-likeness (QED) is 0.593. The fourth-order valence-corrected chi connectivity index (χ4v) is 4.47. The van der Waals surface area contributed by atoms with Gasteiger partial charge in [0.15, 0.2) is 0 Å². The van der Waals surface area contributed by atoms with Crippen molar-refractivity contribution >= 4 is 29.2 Å². The van der Waals surface area contributed by atoms with E-state index in [4.69, 9.17) is 4.74 Å². The molecule has 0 bridgehead atoms. The Kier molecular flexibility index (Phi) is 8.61. The van der Waals surface area contributed by atoms with E-state index in [-0.39, 0.29) is 31.0 Å². The van der Waals surface area contributed by atoms with Gasteiger partial charge >= 0.3 is 12.0 Å². The van der Waals surface area contributed by atoms with Crippen LogP contribution in [0.2, 0.25) is 0 Å². The van der Waals surface area contributed by atoms with Gasteiger partial charge in [0.25, 0.3) is 5.91 Å². The number of pyridine rings is 1. The van der Waals surface area contributed by atoms with Crippen LogP contribution in [0.15, 0.2) is 29.6 Å². The highest BCUT2D eigenvalue weighted by Gasteiger charge is 2.28. The molecule has 3 amide bonds. The molecule has 3 rings (SSSR count). The summed E-state index contributed by atoms with van der Waals surface area (Å²) in [5, 5.41) is 7.64. The van der Waals surface area contributed by atoms with Crippen molar-refractivity contribution in [2.45, 2.75) is 39.0 Å². The van der Waals surface area contributed by atoms with Crippen LogP contribution in [0.25, 0.3) is 0 Å². The maximum atomic E-state index is 12.9. The Morgan fingerprint density at radius 2 is 1.97 bits per heavy atom. The van der Waals surface area contributed by atoms with Crippen molar-refractivity contribution in [2.24, 2.45) is 0 Å². The smallest absolute Gasteiger partial charge is 0.325 e. The maximum absolute atomic E-state index is 12.9. The summed E-state index contributed by atoms with van der Waals surface area (Å²) in [5.41, 5.74) is 2.27. The van der Waals surface area contributed by atoms with Crippen LogP contribution < -0.4 is 10.6 Å². The topological polar surface area (TPSA) is 101 Å². The summed E-state index contributed by atoms with van der Waals surface area (Å²) in [6.45, 7) is 5.44. The molecule has 0 spiro atoms. The van der Waals surface area contributed by atoms with Crippen LogP contribution in [0, 0.1) is 6.92 Å². The number of aryl methyl sites for hydroxylation is 1. The van der Waals surface area contributed by atoms with Crippen molar-refractivity contribution in [2.75, 3.05) is 32.8 Å². The number of nitrogens with one attached hydrogen (secondary N) is 2. The number of hydrogen-bond donors (Lipinski definition) is 2. The van der Waals surface area contributed by atoms with Crippen molar-refractivity contribution in [1.29, 1.82) is 0 Å². The lowest BCUT2D eigenvalue weighted by atomic mass is 9.90. The van der Waals surface area contributed by atoms with Crippen molar-refractivity contribution < 1.29 is 19.1 Å². The van der Waals surface area contributed by atoms with Gasteiger partial charge < -0.3 is 20.3 Å². The number of piperidine rings is 1. The molecule has 3 heterocycles. The number of esters is 1. The molecule has 0 aromatic carbocycles. The van der Waals surface area contributed by atoms with Crippen LogP contribution in [0.3, 0.4) is 0 Å². The molecule has 1 saturated heterocycles. The standard InChI is InChI=1S/C23H30N4O4S/c1-3-31-20(28)15-25-23(30)27-12-9-17(10-13-27)21-19(7-6-16(2)26-21)22(29)24-11-8-18-5-4-14-32-18/h4-7,14,17H,3,8-13,15H2,1-2H3,(H,24,29)(H,25,30). The molecule has 2 aromatic heterocycles. The summed E-state index contributed by atoms with van der Waals surface area (Å²) in [6.07, 6.45) is 2.22. The molecule has 8 nitrogen and oxygen atoms in total. The lowest BCUT2D eigenvalue weighted by Gasteiger charge is -2.32. The van der Waals surface area contributed by atoms with E-state index in [2.05, 4.69) is 21.7 Å². The minimum absolute atomic E-state index is 0.0991. The molecular formula is C23H30N4O4S. The second kappa shape index (κ2) is 11.6. The number of thiophene rings is 1. The van der Waals surface area contributed by atoms with Gasteiger partial charge in [0.1, 0.15) is 6.54 Å². The van der Waals surface area contributed by atoms with Crippen molar-refractivity contribution in [3.63, 3.8) is 0 Å². The number of rotatable bonds is 8. The second-order valence-corrected chi connectivity index (χ2v) is 8.73. The second-order valence-electron chi connectivity index (χ2n) is 7.70. The van der Waals surface area contributed by atoms with Gasteiger partial charge in [-0.3, -0.25) is 14.6 Å². The number of likely N-dealkylation sites (tertiary alicyclic amines) is 1. The number of carbonyl (C=O) groups excluding carboxylic acids is 3. The van der Waals surface area contributed by atoms with E-state index < -0.39 is 5.97 Å². The minimum atomic E-state index is -0.450. The number of urea groups is 1. The average Bonchev–Trinajstić information content (AvgIpc) is 3.31. The summed E-state index contributed by atoms with van der Waals surface area (Å²) in [4.78, 5) is 44.2. The van der Waals surface area contributed by atoms with E-state index in [1.54, 1.807) is 23.2 Å². The van der Waals surface area contributed by atoms with E-state index in [9.17, 15) is 14.4 Å². The summed E-state index contributed by atoms with van der Waals surface area (Å²) in [6, 6.07) is 7.49. The van der Waals surface area contributed by atoms with E-state index in [0.717, 1.165) is 17.8 Å². The predicted molar refractivity (Wildman–Crippen MR) is 123 cm³/mol. The molecule has 2 N–H and O–H groups in total. The molecule has 0 atom stereocenters. The third-order valence-electron chi connectivity index (χ3n) is 5.40. The fourth-order valence-electron chi connectivity index (χ4n) is 3.76. The SMILES string of the molecule is CCOC(=O)CNC(=O)N1CCC(c2nc(C)ccc2C(=O)NCCc2cccs2)CC1. The van der Waals surface area contributed by atoms with Crippen LogP contribution in [0.5, 0.6) is 0 Å². The van der Waals surface area contributed by atoms with Crippen LogP contribution >= 0.6 is 11.3 Å². The Balaban J connectivity index is 1.56. The van der Waals surface area contributed by atoms with Crippen molar-refractivity contribution in [3.8, 4) is 0 Å². The van der Waals surface area contributed by atoms with Crippen molar-refractivity contribution in [1.82, 2.24) is 20.5 Å². The average molecular weight is 459 g/mol. The lowest BCUT2D eigenvalue weighted by Crippen LogP contribution is -2.46. The van der Waals surface area contributed by atoms with Crippen LogP contribution in [-0.4, -0.2) is 60.6 Å². The lowest BCUT2D eigenvalue weighted by molar-refractivity contribution is -0.141. The van der Waals surface area contributed by atoms with Crippen molar-refractivity contribution in [3.05, 3.63) is 51.5 Å². The first-order valence-corrected chi connectivity index (χ1v) is 11.8. The molecular weight excluding hydrogens is 428 g/mol. The van der Waals surface area contributed by atoms with Gasteiger partial charge in [0.05, 0.1) is 17.9 Å². The van der Waals surface area contributed by atoms with Gasteiger partial charge in [-0.05, 0) is 56.7 Å². The summed E-state index contributed by atoms with van der Waals surface area (Å²) in [7, 11) is 0. The molecule has 32 heavy (non-hydrogen) atoms. The summed E-state index contributed by atoms with van der Waals surface area (Å²) < 4.78 is 4.83. The normalized spacial score (nSPS) is 14.1. The molecule has 1 aliphatic rings. The zero-order valence-electron chi connectivity index (χ0n) is 18.6. The number of amides is 3. The Labute approximate surface area is 192 Å². The Morgan fingerprint density at radius 1 is 1.19 bits per heavy atom. The largest absolute Gasteiger partial charge is 0.465 e. The summed E-state index contributed by atoms with van der Waals surface area (Å²) >= 11 is 1.68. The number of hydrogen-bond acceptors (Lipinski definition) is 6. The number of aromatic nitrogens is 1. The first kappa shape index (κ1) is 23.7. The number of nitrogens with zero attached hydrogens (tertiary/aromatic N) is 2. The van der Waals surface area contributed by atoms with Gasteiger partial charge in [-0.25, -0.2) is 4.79 Å². The fraction of sp³-hybridized carbons (Fsp3) is 0.478. The molecule has 0 aliphatic carbocycles. The zero-order valence-corrected chi connectivity index (χ0v) is 19.4. The van der Waals surface area contributed by atoms with Crippen LogP contribution in [0.1, 0.15) is 52.3 Å². The predicted octanol–water partition coefficient (Wildman–Crippen LogP) is 2.88. The highest BCUT2D eigenvalue weighted by atomic mass is 32.1. The molecule has 9 heteroatoms. The third kappa shape index (κ3) is 6.53. The van der Waals surface area contributed by atoms with E-state index in [0.29, 0.717) is 38.0 Å². The highest BCUT2D eigenvalue weighted by Crippen LogP contribution is 2.29. The van der Waals surface area contributed by atoms with Gasteiger partial charge in [-0.1, -0.05) is 6.07 Å². The third-order valence-corrected chi connectivity index (χ3v) is 6.34. The maximum Gasteiger partial charge on any atom is 0.325 e. The monoisotopic (exact) mass is 458 g/mol. The Hall–Kier alpha value is -2.94. The molecule has 0 unspecified atom stereocenters. The van der Waals surface area contributed by atoms with Gasteiger partial charge in [-0.15, -0.1) is 11.3 Å². The van der Waals surface area contributed by atoms with Gasteiger partial charge in [0.2, 0.25) is 0 Å². The molecule has 172 valence electrons. The Morgan fingerprint density at radius 3 is 2.66 bits per heavy atom. The number of carbonyl (C=O) groups is 3. The van der Waals surface area contributed by atoms with Gasteiger partial charge in [-0.2, -0.15) is 0 Å². The highest BCUT2D eigenvalue weighted by molar-refractivity contribution is 7.09. The first-order chi connectivity index (χ1) is 15.5. The zero-order chi connectivity index (χ0) is 22.9. The Bertz CT molecular complexity index is 924. The molecule has 1 aliphatic heterocycles. The van der Waals surface area contributed by atoms with Crippen LogP contribution in [-0.2, 0) is 16.0 Å². The molecule has 1 fully saturated rings. The van der Waals surface area contributed by atoms with E-state index in [1.807, 2.05) is 30.5 Å². The minimum Gasteiger partial charge on any atom is -0.465 e. The first-order valence-electron chi connectivity index (χ1n) is 10.9. The van der Waals surface area contributed by atoms with Crippen LogP contribution in [0.4, 0.5) is 4.79 Å². The molecule has 2 aromatic rings.